The molecule has 0 saturated carbocycles. The number of likely N-dealkylation sites (tertiary alicyclic amines) is 1. The summed E-state index contributed by atoms with van der Waals surface area (Å²) in [6, 6.07) is 6.72. The Bertz CT molecular complexity index is 525. The van der Waals surface area contributed by atoms with Gasteiger partial charge < -0.3 is 10.2 Å². The third-order valence-electron chi connectivity index (χ3n) is 3.72. The second-order valence-electron chi connectivity index (χ2n) is 5.74. The van der Waals surface area contributed by atoms with Crippen LogP contribution in [0.3, 0.4) is 0 Å². The van der Waals surface area contributed by atoms with Gasteiger partial charge in [0.2, 0.25) is 5.91 Å². The fourth-order valence-corrected chi connectivity index (χ4v) is 2.90. The third-order valence-corrected chi connectivity index (χ3v) is 4.22. The van der Waals surface area contributed by atoms with Crippen LogP contribution in [-0.4, -0.2) is 35.8 Å². The Hall–Kier alpha value is -1.36. The Morgan fingerprint density at radius 2 is 1.90 bits per heavy atom. The van der Waals surface area contributed by atoms with Crippen molar-refractivity contribution in [3.8, 4) is 0 Å². The van der Waals surface area contributed by atoms with E-state index in [2.05, 4.69) is 21.2 Å². The van der Waals surface area contributed by atoms with Gasteiger partial charge in [-0.05, 0) is 37.0 Å². The smallest absolute Gasteiger partial charge is 0.251 e. The van der Waals surface area contributed by atoms with Crippen molar-refractivity contribution >= 4 is 27.7 Å². The van der Waals surface area contributed by atoms with E-state index in [0.29, 0.717) is 5.56 Å². The van der Waals surface area contributed by atoms with Crippen molar-refractivity contribution in [3.05, 3.63) is 34.3 Å². The number of nitrogens with one attached hydrogen (secondary N) is 1. The number of nitrogens with zero attached hydrogens (tertiary/aromatic N) is 1. The maximum atomic E-state index is 12.5. The summed E-state index contributed by atoms with van der Waals surface area (Å²) in [6.07, 6.45) is 2.10. The standard InChI is InChI=1S/C16H21BrN2O2/c1-11(2)14(16(21)19-8-3-4-9-19)18-15(20)12-6-5-7-13(17)10-12/h5-7,10-11,14H,3-4,8-9H2,1-2H3,(H,18,20)/t14-/m0/s1. The molecule has 2 rings (SSSR count). The maximum absolute atomic E-state index is 12.5. The summed E-state index contributed by atoms with van der Waals surface area (Å²) >= 11 is 3.35. The van der Waals surface area contributed by atoms with Gasteiger partial charge in [-0.3, -0.25) is 9.59 Å². The molecule has 4 nitrogen and oxygen atoms in total. The van der Waals surface area contributed by atoms with Crippen molar-refractivity contribution in [2.45, 2.75) is 32.7 Å². The summed E-state index contributed by atoms with van der Waals surface area (Å²) < 4.78 is 0.849. The highest BCUT2D eigenvalue weighted by Crippen LogP contribution is 2.15. The quantitative estimate of drug-likeness (QED) is 0.905. The third kappa shape index (κ3) is 4.06. The van der Waals surface area contributed by atoms with E-state index in [1.165, 1.54) is 0 Å². The molecular weight excluding hydrogens is 332 g/mol. The molecule has 0 bridgehead atoms. The molecule has 1 N–H and O–H groups in total. The van der Waals surface area contributed by atoms with Gasteiger partial charge in [0.25, 0.3) is 5.91 Å². The van der Waals surface area contributed by atoms with Crippen LogP contribution in [0.1, 0.15) is 37.0 Å². The van der Waals surface area contributed by atoms with Gasteiger partial charge in [0.15, 0.2) is 0 Å². The number of hydrogen-bond donors (Lipinski definition) is 1. The molecule has 0 spiro atoms. The normalized spacial score (nSPS) is 16.1. The van der Waals surface area contributed by atoms with Crippen molar-refractivity contribution in [3.63, 3.8) is 0 Å². The van der Waals surface area contributed by atoms with Gasteiger partial charge in [0.1, 0.15) is 6.04 Å². The van der Waals surface area contributed by atoms with Crippen LogP contribution in [0.25, 0.3) is 0 Å². The number of carbonyl (C=O) groups excluding carboxylic acids is 2. The molecule has 114 valence electrons. The van der Waals surface area contributed by atoms with Gasteiger partial charge in [0, 0.05) is 23.1 Å². The van der Waals surface area contributed by atoms with Crippen LogP contribution in [0, 0.1) is 5.92 Å². The molecule has 1 aromatic rings. The first kappa shape index (κ1) is 16.0. The van der Waals surface area contributed by atoms with Crippen molar-refractivity contribution < 1.29 is 9.59 Å². The van der Waals surface area contributed by atoms with Crippen molar-refractivity contribution in [2.24, 2.45) is 5.92 Å². The lowest BCUT2D eigenvalue weighted by Crippen LogP contribution is -2.50. The Morgan fingerprint density at radius 1 is 1.24 bits per heavy atom. The molecule has 1 heterocycles. The van der Waals surface area contributed by atoms with Gasteiger partial charge >= 0.3 is 0 Å². The number of halogens is 1. The fraction of sp³-hybridized carbons (Fsp3) is 0.500. The van der Waals surface area contributed by atoms with E-state index in [4.69, 9.17) is 0 Å². The first-order valence-electron chi connectivity index (χ1n) is 7.34. The van der Waals surface area contributed by atoms with Crippen molar-refractivity contribution in [2.75, 3.05) is 13.1 Å². The second kappa shape index (κ2) is 7.07. The molecule has 0 aliphatic carbocycles. The predicted molar refractivity (Wildman–Crippen MR) is 86.0 cm³/mol. The first-order chi connectivity index (χ1) is 9.99. The molecule has 1 saturated heterocycles. The van der Waals surface area contributed by atoms with Crippen LogP contribution < -0.4 is 5.32 Å². The molecule has 21 heavy (non-hydrogen) atoms. The van der Waals surface area contributed by atoms with Crippen LogP contribution in [0.5, 0.6) is 0 Å². The van der Waals surface area contributed by atoms with Crippen LogP contribution in [0.4, 0.5) is 0 Å². The van der Waals surface area contributed by atoms with E-state index in [1.807, 2.05) is 30.9 Å². The average Bonchev–Trinajstić information content (AvgIpc) is 2.97. The lowest BCUT2D eigenvalue weighted by atomic mass is 10.0. The van der Waals surface area contributed by atoms with Gasteiger partial charge in [-0.2, -0.15) is 0 Å². The second-order valence-corrected chi connectivity index (χ2v) is 6.65. The Labute approximate surface area is 134 Å². The molecule has 0 unspecified atom stereocenters. The Morgan fingerprint density at radius 3 is 2.48 bits per heavy atom. The van der Waals surface area contributed by atoms with Crippen LogP contribution in [0.2, 0.25) is 0 Å². The molecule has 0 aromatic heterocycles. The van der Waals surface area contributed by atoms with E-state index in [-0.39, 0.29) is 17.7 Å². The molecule has 1 aliphatic heterocycles. The highest BCUT2D eigenvalue weighted by Gasteiger charge is 2.30. The van der Waals surface area contributed by atoms with E-state index >= 15 is 0 Å². The average molecular weight is 353 g/mol. The zero-order chi connectivity index (χ0) is 15.4. The fourth-order valence-electron chi connectivity index (χ4n) is 2.50. The molecule has 1 aromatic carbocycles. The minimum Gasteiger partial charge on any atom is -0.341 e. The van der Waals surface area contributed by atoms with Crippen LogP contribution in [-0.2, 0) is 4.79 Å². The first-order valence-corrected chi connectivity index (χ1v) is 8.13. The zero-order valence-electron chi connectivity index (χ0n) is 12.4. The lowest BCUT2D eigenvalue weighted by molar-refractivity contribution is -0.133. The molecule has 1 fully saturated rings. The number of amides is 2. The summed E-state index contributed by atoms with van der Waals surface area (Å²) in [7, 11) is 0. The lowest BCUT2D eigenvalue weighted by Gasteiger charge is -2.26. The van der Waals surface area contributed by atoms with Gasteiger partial charge in [-0.25, -0.2) is 0 Å². The molecule has 1 aliphatic rings. The summed E-state index contributed by atoms with van der Waals surface area (Å²) in [5.74, 6) is -0.109. The molecule has 1 atom stereocenters. The van der Waals surface area contributed by atoms with E-state index in [9.17, 15) is 9.59 Å². The summed E-state index contributed by atoms with van der Waals surface area (Å²) in [4.78, 5) is 26.7. The van der Waals surface area contributed by atoms with E-state index < -0.39 is 6.04 Å². The number of hydrogen-bond acceptors (Lipinski definition) is 2. The minimum absolute atomic E-state index is 0.0332. The number of benzene rings is 1. The maximum Gasteiger partial charge on any atom is 0.251 e. The van der Waals surface area contributed by atoms with Crippen molar-refractivity contribution in [1.82, 2.24) is 10.2 Å². The van der Waals surface area contributed by atoms with E-state index in [1.54, 1.807) is 12.1 Å². The predicted octanol–water partition coefficient (Wildman–Crippen LogP) is 2.83. The molecule has 2 amide bonds. The van der Waals surface area contributed by atoms with Gasteiger partial charge in [0.05, 0.1) is 0 Å². The van der Waals surface area contributed by atoms with Crippen LogP contribution in [0.15, 0.2) is 28.7 Å². The van der Waals surface area contributed by atoms with Crippen molar-refractivity contribution in [1.29, 1.82) is 0 Å². The molecular formula is C16H21BrN2O2. The minimum atomic E-state index is -0.463. The SMILES string of the molecule is CC(C)[C@H](NC(=O)c1cccc(Br)c1)C(=O)N1CCCC1. The van der Waals surface area contributed by atoms with E-state index in [0.717, 1.165) is 30.4 Å². The highest BCUT2D eigenvalue weighted by atomic mass is 79.9. The van der Waals surface area contributed by atoms with Crippen LogP contribution >= 0.6 is 15.9 Å². The number of rotatable bonds is 4. The molecule has 5 heteroatoms. The number of carbonyl (C=O) groups is 2. The zero-order valence-corrected chi connectivity index (χ0v) is 14.0. The highest BCUT2D eigenvalue weighted by molar-refractivity contribution is 9.10. The topological polar surface area (TPSA) is 49.4 Å². The largest absolute Gasteiger partial charge is 0.341 e. The van der Waals surface area contributed by atoms with Gasteiger partial charge in [-0.15, -0.1) is 0 Å². The Balaban J connectivity index is 2.09. The summed E-state index contributed by atoms with van der Waals surface area (Å²) in [6.45, 7) is 5.52. The molecule has 0 radical (unpaired) electrons. The summed E-state index contributed by atoms with van der Waals surface area (Å²) in [5.41, 5.74) is 0.559. The van der Waals surface area contributed by atoms with Gasteiger partial charge in [-0.1, -0.05) is 35.8 Å². The monoisotopic (exact) mass is 352 g/mol. The Kier molecular flexibility index (Phi) is 5.39. The summed E-state index contributed by atoms with van der Waals surface area (Å²) in [5, 5.41) is 2.89.